The van der Waals surface area contributed by atoms with Gasteiger partial charge in [0, 0.05) is 24.3 Å². The van der Waals surface area contributed by atoms with Crippen molar-refractivity contribution in [3.05, 3.63) is 60.2 Å². The van der Waals surface area contributed by atoms with Crippen molar-refractivity contribution in [2.45, 2.75) is 18.5 Å². The van der Waals surface area contributed by atoms with Crippen LogP contribution in [0.1, 0.15) is 12.5 Å². The summed E-state index contributed by atoms with van der Waals surface area (Å²) in [6.45, 7) is 1.88. The van der Waals surface area contributed by atoms with E-state index in [-0.39, 0.29) is 23.8 Å². The van der Waals surface area contributed by atoms with Gasteiger partial charge in [-0.25, -0.2) is 4.90 Å². The Morgan fingerprint density at radius 2 is 1.59 bits per heavy atom. The summed E-state index contributed by atoms with van der Waals surface area (Å²) in [6, 6.07) is 16.1. The highest BCUT2D eigenvalue weighted by atomic mass is 16.2. The van der Waals surface area contributed by atoms with Crippen LogP contribution in [0.5, 0.6) is 0 Å². The van der Waals surface area contributed by atoms with Crippen LogP contribution in [-0.2, 0) is 19.9 Å². The highest BCUT2D eigenvalue weighted by Crippen LogP contribution is 2.54. The molecule has 4 atom stereocenters. The lowest BCUT2D eigenvalue weighted by atomic mass is 9.76. The van der Waals surface area contributed by atoms with Gasteiger partial charge in [-0.15, -0.1) is 0 Å². The lowest BCUT2D eigenvalue weighted by molar-refractivity contribution is -0.131. The van der Waals surface area contributed by atoms with E-state index < -0.39 is 17.4 Å². The molecule has 6 nitrogen and oxygen atoms in total. The first-order valence-electron chi connectivity index (χ1n) is 9.06. The first-order valence-corrected chi connectivity index (χ1v) is 9.06. The number of nitrogens with one attached hydrogen (secondary N) is 1. The number of para-hydroxylation sites is 2. The molecule has 2 fully saturated rings. The van der Waals surface area contributed by atoms with Crippen molar-refractivity contribution in [2.24, 2.45) is 11.8 Å². The average Bonchev–Trinajstić information content (AvgIpc) is 3.22. The molecule has 4 unspecified atom stereocenters. The van der Waals surface area contributed by atoms with Crippen LogP contribution in [0, 0.1) is 11.8 Å². The van der Waals surface area contributed by atoms with Gasteiger partial charge in [-0.1, -0.05) is 36.4 Å². The maximum atomic E-state index is 13.5. The molecule has 2 aromatic rings. The third kappa shape index (κ3) is 1.81. The minimum Gasteiger partial charge on any atom is -0.313 e. The average molecular weight is 361 g/mol. The van der Waals surface area contributed by atoms with Crippen LogP contribution < -0.4 is 15.1 Å². The molecule has 3 aliphatic rings. The van der Waals surface area contributed by atoms with Gasteiger partial charge in [-0.3, -0.25) is 19.7 Å². The highest BCUT2D eigenvalue weighted by Gasteiger charge is 2.70. The predicted octanol–water partition coefficient (Wildman–Crippen LogP) is 1.66. The van der Waals surface area contributed by atoms with E-state index in [1.54, 1.807) is 36.2 Å². The van der Waals surface area contributed by atoms with E-state index in [0.717, 1.165) is 11.3 Å². The standard InChI is InChI=1S/C21H19N3O3/c1-12-16-17(19(26)24(18(16)25)13-8-4-3-5-9-13)21(22-12)14-10-6-7-11-15(14)23(2)20(21)27/h3-12,16-17,22H,1-2H3. The van der Waals surface area contributed by atoms with Gasteiger partial charge in [0.1, 0.15) is 5.54 Å². The maximum absolute atomic E-state index is 13.5. The molecule has 3 heterocycles. The molecule has 6 heteroatoms. The quantitative estimate of drug-likeness (QED) is 0.785. The Labute approximate surface area is 156 Å². The zero-order chi connectivity index (χ0) is 18.9. The van der Waals surface area contributed by atoms with Crippen molar-refractivity contribution in [3.8, 4) is 0 Å². The largest absolute Gasteiger partial charge is 0.313 e. The van der Waals surface area contributed by atoms with Crippen LogP contribution in [0.3, 0.4) is 0 Å². The third-order valence-corrected chi connectivity index (χ3v) is 6.16. The van der Waals surface area contributed by atoms with Gasteiger partial charge >= 0.3 is 0 Å². The Morgan fingerprint density at radius 3 is 2.33 bits per heavy atom. The number of hydrogen-bond donors (Lipinski definition) is 1. The maximum Gasteiger partial charge on any atom is 0.252 e. The van der Waals surface area contributed by atoms with E-state index in [1.165, 1.54) is 4.90 Å². The predicted molar refractivity (Wildman–Crippen MR) is 100 cm³/mol. The van der Waals surface area contributed by atoms with Gasteiger partial charge in [0.15, 0.2) is 0 Å². The zero-order valence-corrected chi connectivity index (χ0v) is 15.0. The summed E-state index contributed by atoms with van der Waals surface area (Å²) in [5, 5.41) is 3.34. The van der Waals surface area contributed by atoms with E-state index in [4.69, 9.17) is 0 Å². The monoisotopic (exact) mass is 361 g/mol. The highest BCUT2D eigenvalue weighted by molar-refractivity contribution is 6.26. The van der Waals surface area contributed by atoms with E-state index in [1.807, 2.05) is 37.3 Å². The van der Waals surface area contributed by atoms with Crippen molar-refractivity contribution in [2.75, 3.05) is 16.8 Å². The van der Waals surface area contributed by atoms with Crippen LogP contribution in [-0.4, -0.2) is 30.8 Å². The second-order valence-corrected chi connectivity index (χ2v) is 7.47. The number of benzene rings is 2. The number of anilines is 2. The normalized spacial score (nSPS) is 31.8. The fourth-order valence-corrected chi connectivity index (χ4v) is 5.05. The van der Waals surface area contributed by atoms with Gasteiger partial charge in [-0.05, 0) is 25.1 Å². The molecule has 3 aliphatic heterocycles. The fourth-order valence-electron chi connectivity index (χ4n) is 5.05. The number of nitrogens with zero attached hydrogens (tertiary/aromatic N) is 2. The van der Waals surface area contributed by atoms with Gasteiger partial charge in [0.25, 0.3) is 5.91 Å². The lowest BCUT2D eigenvalue weighted by Gasteiger charge is -2.29. The van der Waals surface area contributed by atoms with Crippen LogP contribution in [0.2, 0.25) is 0 Å². The molecule has 5 rings (SSSR count). The van der Waals surface area contributed by atoms with Crippen LogP contribution in [0.4, 0.5) is 11.4 Å². The second-order valence-electron chi connectivity index (χ2n) is 7.47. The summed E-state index contributed by atoms with van der Waals surface area (Å²) in [5.74, 6) is -2.06. The fraction of sp³-hybridized carbons (Fsp3) is 0.286. The summed E-state index contributed by atoms with van der Waals surface area (Å²) in [4.78, 5) is 42.8. The molecule has 1 spiro atoms. The Kier molecular flexibility index (Phi) is 3.16. The third-order valence-electron chi connectivity index (χ3n) is 6.16. The summed E-state index contributed by atoms with van der Waals surface area (Å²) < 4.78 is 0. The number of carbonyl (C=O) groups excluding carboxylic acids is 3. The minimum atomic E-state index is -1.19. The van der Waals surface area contributed by atoms with Crippen LogP contribution in [0.25, 0.3) is 0 Å². The molecular weight excluding hydrogens is 342 g/mol. The van der Waals surface area contributed by atoms with Crippen molar-refractivity contribution < 1.29 is 14.4 Å². The van der Waals surface area contributed by atoms with Crippen molar-refractivity contribution in [3.63, 3.8) is 0 Å². The molecule has 2 saturated heterocycles. The summed E-state index contributed by atoms with van der Waals surface area (Å²) in [6.07, 6.45) is 0. The Hall–Kier alpha value is -2.99. The van der Waals surface area contributed by atoms with Gasteiger partial charge in [-0.2, -0.15) is 0 Å². The summed E-state index contributed by atoms with van der Waals surface area (Å²) in [7, 11) is 1.71. The molecule has 136 valence electrons. The van der Waals surface area contributed by atoms with E-state index in [2.05, 4.69) is 5.32 Å². The molecule has 0 aromatic heterocycles. The van der Waals surface area contributed by atoms with Gasteiger partial charge < -0.3 is 4.90 Å². The minimum absolute atomic E-state index is 0.181. The van der Waals surface area contributed by atoms with Crippen molar-refractivity contribution in [1.29, 1.82) is 0 Å². The van der Waals surface area contributed by atoms with Crippen LogP contribution >= 0.6 is 0 Å². The SMILES string of the molecule is CC1NC2(C(=O)N(C)c3ccccc32)C2C(=O)N(c3ccccc3)C(=O)C12. The summed E-state index contributed by atoms with van der Waals surface area (Å²) in [5.41, 5.74) is 0.914. The molecule has 1 N–H and O–H groups in total. The molecule has 27 heavy (non-hydrogen) atoms. The van der Waals surface area contributed by atoms with Gasteiger partial charge in [0.2, 0.25) is 11.8 Å². The number of likely N-dealkylation sites (N-methyl/N-ethyl adjacent to an activating group) is 1. The number of imide groups is 1. The molecule has 0 bridgehead atoms. The second kappa shape index (κ2) is 5.27. The van der Waals surface area contributed by atoms with E-state index >= 15 is 0 Å². The van der Waals surface area contributed by atoms with Crippen LogP contribution in [0.15, 0.2) is 54.6 Å². The Morgan fingerprint density at radius 1 is 0.926 bits per heavy atom. The number of hydrogen-bond acceptors (Lipinski definition) is 4. The molecule has 2 aromatic carbocycles. The smallest absolute Gasteiger partial charge is 0.252 e. The lowest BCUT2D eigenvalue weighted by Crippen LogP contribution is -2.54. The van der Waals surface area contributed by atoms with E-state index in [0.29, 0.717) is 5.69 Å². The topological polar surface area (TPSA) is 69.7 Å². The van der Waals surface area contributed by atoms with Crippen molar-refractivity contribution >= 4 is 29.1 Å². The molecular formula is C21H19N3O3. The number of carbonyl (C=O) groups is 3. The summed E-state index contributed by atoms with van der Waals surface area (Å²) >= 11 is 0. The zero-order valence-electron chi connectivity index (χ0n) is 15.0. The Bertz CT molecular complexity index is 989. The number of fused-ring (bicyclic) bond motifs is 4. The number of rotatable bonds is 1. The Balaban J connectivity index is 1.70. The van der Waals surface area contributed by atoms with Crippen molar-refractivity contribution in [1.82, 2.24) is 5.32 Å². The molecule has 3 amide bonds. The molecule has 0 aliphatic carbocycles. The number of amides is 3. The first kappa shape index (κ1) is 16.2. The first-order chi connectivity index (χ1) is 13.0. The van der Waals surface area contributed by atoms with Gasteiger partial charge in [0.05, 0.1) is 17.5 Å². The molecule has 0 radical (unpaired) electrons. The molecule has 0 saturated carbocycles. The van der Waals surface area contributed by atoms with E-state index in [9.17, 15) is 14.4 Å².